The third kappa shape index (κ3) is 27.5. The van der Waals surface area contributed by atoms with Crippen LogP contribution in [0.1, 0.15) is 142 Å². The van der Waals surface area contributed by atoms with E-state index in [4.69, 9.17) is 19.1 Å². The van der Waals surface area contributed by atoms with Crippen LogP contribution in [0, 0.1) is 0 Å². The molecule has 0 fully saturated rings. The van der Waals surface area contributed by atoms with Crippen molar-refractivity contribution in [2.24, 2.45) is 0 Å². The minimum atomic E-state index is -4.84. The van der Waals surface area contributed by atoms with Crippen molar-refractivity contribution in [2.75, 3.05) is 26.4 Å². The van der Waals surface area contributed by atoms with Crippen LogP contribution < -0.4 is 4.89 Å². The summed E-state index contributed by atoms with van der Waals surface area (Å²) in [6.07, 6.45) is 17.9. The highest BCUT2D eigenvalue weighted by atomic mass is 31.2. The maximum atomic E-state index is 12.4. The second kappa shape index (κ2) is 27.8. The van der Waals surface area contributed by atoms with E-state index in [1.165, 1.54) is 64.2 Å². The van der Waals surface area contributed by atoms with E-state index in [0.29, 0.717) is 12.8 Å². The minimum Gasteiger partial charge on any atom is -0.756 e. The topological polar surface area (TPSA) is 152 Å². The van der Waals surface area contributed by atoms with E-state index in [2.05, 4.69) is 18.4 Å². The molecule has 0 aliphatic carbocycles. The Balaban J connectivity index is 4.46. The van der Waals surface area contributed by atoms with Gasteiger partial charge in [0.15, 0.2) is 6.10 Å². The van der Waals surface area contributed by atoms with Crippen LogP contribution in [-0.4, -0.2) is 60.8 Å². The van der Waals surface area contributed by atoms with Crippen LogP contribution in [-0.2, 0) is 32.7 Å². The van der Waals surface area contributed by atoms with Crippen molar-refractivity contribution in [3.05, 3.63) is 0 Å². The summed E-state index contributed by atoms with van der Waals surface area (Å²) in [6, 6.07) is 0. The van der Waals surface area contributed by atoms with E-state index in [0.717, 1.165) is 38.5 Å². The molecule has 0 aliphatic heterocycles. The number of carbonyl (C=O) groups is 2. The summed E-state index contributed by atoms with van der Waals surface area (Å²) in [5, 5.41) is 18.1. The van der Waals surface area contributed by atoms with Crippen LogP contribution in [0.15, 0.2) is 0 Å². The van der Waals surface area contributed by atoms with E-state index in [1.54, 1.807) is 0 Å². The van der Waals surface area contributed by atoms with Gasteiger partial charge in [0.2, 0.25) is 0 Å². The summed E-state index contributed by atoms with van der Waals surface area (Å²) in [5.41, 5.74) is 0. The third-order valence-electron chi connectivity index (χ3n) is 6.75. The maximum absolute atomic E-state index is 12.4. The number of hydrogen-bond donors (Lipinski definition) is 2. The molecular weight excluding hydrogens is 551 g/mol. The van der Waals surface area contributed by atoms with Crippen molar-refractivity contribution >= 4 is 19.8 Å². The lowest BCUT2D eigenvalue weighted by atomic mass is 10.1. The number of carbonyl (C=O) groups excluding carboxylic acids is 2. The average Bonchev–Trinajstić information content (AvgIpc) is 2.95. The molecule has 2 N–H and O–H groups in total. The Labute approximate surface area is 248 Å². The largest absolute Gasteiger partial charge is 0.756 e. The highest BCUT2D eigenvalue weighted by Crippen LogP contribution is 2.38. The Morgan fingerprint density at radius 1 is 0.659 bits per heavy atom. The molecule has 0 spiro atoms. The molecule has 244 valence electrons. The van der Waals surface area contributed by atoms with Gasteiger partial charge in [-0.3, -0.25) is 14.2 Å². The maximum Gasteiger partial charge on any atom is 0.306 e. The number of ether oxygens (including phenoxy) is 2. The zero-order valence-corrected chi connectivity index (χ0v) is 26.6. The third-order valence-corrected chi connectivity index (χ3v) is 7.68. The predicted molar refractivity (Wildman–Crippen MR) is 157 cm³/mol. The van der Waals surface area contributed by atoms with Crippen LogP contribution >= 0.6 is 7.82 Å². The molecule has 0 aromatic heterocycles. The first-order chi connectivity index (χ1) is 19.7. The predicted octanol–water partition coefficient (Wildman–Crippen LogP) is 6.14. The fourth-order valence-electron chi connectivity index (χ4n) is 4.22. The van der Waals surface area contributed by atoms with Crippen molar-refractivity contribution in [3.8, 4) is 0 Å². The van der Waals surface area contributed by atoms with Crippen molar-refractivity contribution in [1.29, 1.82) is 0 Å². The monoisotopic (exact) mass is 609 g/mol. The molecule has 0 radical (unpaired) electrons. The van der Waals surface area contributed by atoms with Gasteiger partial charge in [-0.2, -0.15) is 0 Å². The molecule has 0 aromatic carbocycles. The highest BCUT2D eigenvalue weighted by Gasteiger charge is 2.21. The van der Waals surface area contributed by atoms with Crippen LogP contribution in [0.25, 0.3) is 0 Å². The number of unbranched alkanes of at least 4 members (excludes halogenated alkanes) is 16. The molecule has 41 heavy (non-hydrogen) atoms. The van der Waals surface area contributed by atoms with Gasteiger partial charge < -0.3 is 33.6 Å². The van der Waals surface area contributed by atoms with E-state index in [1.807, 2.05) is 0 Å². The Bertz CT molecular complexity index is 676. The highest BCUT2D eigenvalue weighted by molar-refractivity contribution is 7.45. The average molecular weight is 610 g/mol. The van der Waals surface area contributed by atoms with E-state index >= 15 is 0 Å². The zero-order chi connectivity index (χ0) is 30.6. The lowest BCUT2D eigenvalue weighted by Crippen LogP contribution is -2.30. The molecule has 0 aliphatic rings. The number of hydrogen-bond acceptors (Lipinski definition) is 10. The molecule has 11 heteroatoms. The number of phosphoric ester groups is 1. The lowest BCUT2D eigenvalue weighted by Gasteiger charge is -2.26. The fourth-order valence-corrected chi connectivity index (χ4v) is 5.00. The molecule has 10 nitrogen and oxygen atoms in total. The van der Waals surface area contributed by atoms with Crippen molar-refractivity contribution in [1.82, 2.24) is 0 Å². The Kier molecular flexibility index (Phi) is 27.1. The molecule has 2 unspecified atom stereocenters. The zero-order valence-electron chi connectivity index (χ0n) is 25.7. The molecular formula is C30H58O10P-. The van der Waals surface area contributed by atoms with Gasteiger partial charge in [0.25, 0.3) is 7.82 Å². The summed E-state index contributed by atoms with van der Waals surface area (Å²) in [4.78, 5) is 36.6. The fraction of sp³-hybridized carbons (Fsp3) is 0.933. The Morgan fingerprint density at radius 3 is 1.54 bits per heavy atom. The van der Waals surface area contributed by atoms with Gasteiger partial charge in [-0.1, -0.05) is 117 Å². The van der Waals surface area contributed by atoms with Gasteiger partial charge in [-0.05, 0) is 12.8 Å². The molecule has 0 heterocycles. The summed E-state index contributed by atoms with van der Waals surface area (Å²) in [5.74, 6) is -0.963. The van der Waals surface area contributed by atoms with Gasteiger partial charge in [-0.25, -0.2) is 0 Å². The standard InChI is InChI=1S/C30H59O10P/c1-3-5-7-9-11-13-15-17-19-21-29(33)37-25-28(26-39-41(35,36)38-24-27(32)23-31)40-30(34)22-20-18-16-14-12-10-8-6-4-2/h27-28,31-32H,3-26H2,1-2H3,(H,35,36)/p-1/t27?,28-/m1/s1. The van der Waals surface area contributed by atoms with Crippen molar-refractivity contribution in [3.63, 3.8) is 0 Å². The smallest absolute Gasteiger partial charge is 0.306 e. The van der Waals surface area contributed by atoms with Gasteiger partial charge in [-0.15, -0.1) is 0 Å². The number of rotatable bonds is 30. The van der Waals surface area contributed by atoms with Crippen molar-refractivity contribution in [2.45, 2.75) is 154 Å². The van der Waals surface area contributed by atoms with Crippen molar-refractivity contribution < 1.29 is 47.8 Å². The first-order valence-electron chi connectivity index (χ1n) is 16.0. The molecule has 0 amide bonds. The number of phosphoric acid groups is 1. The van der Waals surface area contributed by atoms with Gasteiger partial charge in [0.05, 0.1) is 19.8 Å². The van der Waals surface area contributed by atoms with Crippen LogP contribution in [0.2, 0.25) is 0 Å². The molecule has 0 aromatic rings. The van der Waals surface area contributed by atoms with Gasteiger partial charge >= 0.3 is 11.9 Å². The first-order valence-corrected chi connectivity index (χ1v) is 17.4. The molecule has 0 saturated carbocycles. The summed E-state index contributed by atoms with van der Waals surface area (Å²) in [6.45, 7) is 2.11. The summed E-state index contributed by atoms with van der Waals surface area (Å²) in [7, 11) is -4.84. The Hall–Kier alpha value is -1.03. The summed E-state index contributed by atoms with van der Waals surface area (Å²) >= 11 is 0. The summed E-state index contributed by atoms with van der Waals surface area (Å²) < 4.78 is 31.9. The van der Waals surface area contributed by atoms with E-state index in [-0.39, 0.29) is 19.4 Å². The second-order valence-corrected chi connectivity index (χ2v) is 12.2. The first kappa shape index (κ1) is 40.0. The molecule has 3 atom stereocenters. The molecule has 0 bridgehead atoms. The van der Waals surface area contributed by atoms with E-state index in [9.17, 15) is 24.2 Å². The van der Waals surface area contributed by atoms with Crippen LogP contribution in [0.5, 0.6) is 0 Å². The normalized spacial score (nSPS) is 14.4. The van der Waals surface area contributed by atoms with Gasteiger partial charge in [0, 0.05) is 12.8 Å². The van der Waals surface area contributed by atoms with Crippen LogP contribution in [0.3, 0.4) is 0 Å². The lowest BCUT2D eigenvalue weighted by molar-refractivity contribution is -0.230. The quantitative estimate of drug-likeness (QED) is 0.0552. The Morgan fingerprint density at radius 2 is 1.07 bits per heavy atom. The molecule has 0 rings (SSSR count). The SMILES string of the molecule is CCCCCCCCCCCC(=O)OC[C@H](COP(=O)([O-])OCC(O)CO)OC(=O)CCCCCCCCCCC. The minimum absolute atomic E-state index is 0.174. The molecule has 0 saturated heterocycles. The second-order valence-electron chi connectivity index (χ2n) is 10.8. The van der Waals surface area contributed by atoms with Gasteiger partial charge in [0.1, 0.15) is 12.7 Å². The van der Waals surface area contributed by atoms with Crippen LogP contribution in [0.4, 0.5) is 0 Å². The van der Waals surface area contributed by atoms with E-state index < -0.39 is 51.8 Å². The number of aliphatic hydroxyl groups excluding tert-OH is 2. The number of aliphatic hydroxyl groups is 2. The number of esters is 2.